The van der Waals surface area contributed by atoms with Gasteiger partial charge in [0.25, 0.3) is 0 Å². The Kier molecular flexibility index (Phi) is 7.23. The van der Waals surface area contributed by atoms with Crippen molar-refractivity contribution in [2.45, 2.75) is 6.18 Å². The molecule has 4 aromatic heterocycles. The number of hydrogen-bond donors (Lipinski definition) is 0. The molecule has 12 rings (SSSR count). The molecule has 0 fully saturated rings. The van der Waals surface area contributed by atoms with Crippen molar-refractivity contribution < 1.29 is 13.2 Å². The van der Waals surface area contributed by atoms with Crippen molar-refractivity contribution in [3.63, 3.8) is 0 Å². The van der Waals surface area contributed by atoms with Gasteiger partial charge in [-0.2, -0.15) is 23.7 Å². The van der Waals surface area contributed by atoms with Gasteiger partial charge in [0.05, 0.1) is 60.0 Å². The van der Waals surface area contributed by atoms with Crippen LogP contribution < -0.4 is 0 Å². The largest absolute Gasteiger partial charge is 0.416 e. The van der Waals surface area contributed by atoms with Gasteiger partial charge in [-0.25, -0.2) is 0 Å². The van der Waals surface area contributed by atoms with Crippen molar-refractivity contribution in [3.8, 4) is 34.6 Å². The number of halogens is 3. The van der Waals surface area contributed by atoms with E-state index in [0.29, 0.717) is 16.9 Å². The highest BCUT2D eigenvalue weighted by molar-refractivity contribution is 7.27. The van der Waals surface area contributed by atoms with Gasteiger partial charge >= 0.3 is 6.18 Å². The van der Waals surface area contributed by atoms with Crippen molar-refractivity contribution in [2.75, 3.05) is 0 Å². The van der Waals surface area contributed by atoms with Crippen LogP contribution in [0.3, 0.4) is 0 Å². The van der Waals surface area contributed by atoms with Gasteiger partial charge in [-0.1, -0.05) is 103 Å². The van der Waals surface area contributed by atoms with E-state index in [0.717, 1.165) is 96.1 Å². The van der Waals surface area contributed by atoms with E-state index in [4.69, 9.17) is 0 Å². The zero-order valence-corrected chi connectivity index (χ0v) is 32.8. The number of thiophene rings is 2. The van der Waals surface area contributed by atoms with Gasteiger partial charge in [0, 0.05) is 58.1 Å². The minimum Gasteiger partial charge on any atom is -0.306 e. The monoisotopic (exact) mass is 814 g/mol. The van der Waals surface area contributed by atoms with Crippen LogP contribution in [0.15, 0.2) is 152 Å². The molecule has 0 bridgehead atoms. The lowest BCUT2D eigenvalue weighted by Gasteiger charge is -2.21. The first-order valence-electron chi connectivity index (χ1n) is 19.2. The molecule has 0 saturated carbocycles. The lowest BCUT2D eigenvalue weighted by atomic mass is 9.95. The summed E-state index contributed by atoms with van der Waals surface area (Å²) in [6.45, 7) is 0. The minimum atomic E-state index is -4.71. The molecule has 8 aromatic carbocycles. The van der Waals surface area contributed by atoms with E-state index in [2.05, 4.69) is 75.9 Å². The van der Waals surface area contributed by atoms with Crippen LogP contribution in [-0.2, 0) is 6.18 Å². The van der Waals surface area contributed by atoms with Crippen LogP contribution in [0, 0.1) is 22.7 Å². The molecule has 0 radical (unpaired) electrons. The summed E-state index contributed by atoms with van der Waals surface area (Å²) >= 11 is 3.35. The minimum absolute atomic E-state index is 0.128. The molecule has 9 heteroatoms. The topological polar surface area (TPSA) is 57.4 Å². The van der Waals surface area contributed by atoms with E-state index in [1.54, 1.807) is 22.7 Å². The third-order valence-electron chi connectivity index (χ3n) is 11.8. The third-order valence-corrected chi connectivity index (χ3v) is 14.2. The van der Waals surface area contributed by atoms with Crippen molar-refractivity contribution in [1.82, 2.24) is 9.13 Å². The summed E-state index contributed by atoms with van der Waals surface area (Å²) in [6.07, 6.45) is -4.71. The van der Waals surface area contributed by atoms with Crippen molar-refractivity contribution in [2.24, 2.45) is 0 Å². The number of fused-ring (bicyclic) bond motifs is 14. The van der Waals surface area contributed by atoms with E-state index in [-0.39, 0.29) is 16.7 Å². The lowest BCUT2D eigenvalue weighted by molar-refractivity contribution is -0.137. The Morgan fingerprint density at radius 3 is 1.57 bits per heavy atom. The molecule has 0 saturated heterocycles. The zero-order valence-electron chi connectivity index (χ0n) is 31.2. The normalized spacial score (nSPS) is 12.2. The molecular formula is C51H25F3N4S2. The molecule has 0 N–H and O–H groups in total. The molecule has 282 valence electrons. The summed E-state index contributed by atoms with van der Waals surface area (Å²) in [5.41, 5.74) is 4.32. The first-order valence-corrected chi connectivity index (χ1v) is 20.8. The zero-order chi connectivity index (χ0) is 40.4. The molecule has 0 amide bonds. The maximum atomic E-state index is 14.6. The maximum absolute atomic E-state index is 14.6. The Labute approximate surface area is 347 Å². The average Bonchev–Trinajstić information content (AvgIpc) is 4.03. The predicted molar refractivity (Wildman–Crippen MR) is 241 cm³/mol. The second-order valence-corrected chi connectivity index (χ2v) is 17.1. The third kappa shape index (κ3) is 4.76. The fourth-order valence-corrected chi connectivity index (χ4v) is 11.8. The molecule has 4 heterocycles. The standard InChI is InChI=1S/C51H25F3N4S2/c52-51(53,54)30-24-28(26-55)23-29(25-30)31-21-22-43(57-41-13-5-1-9-32(41)36-17-19-38-34-11-3-7-15-44(34)59-49(38)47(36)57)40(27-56)46(31)58-42-14-6-2-10-33(42)37-18-20-39-35-12-4-8-16-45(35)60-50(39)48(37)58/h1-25H. The Hall–Kier alpha value is -7.43. The summed E-state index contributed by atoms with van der Waals surface area (Å²) in [5.74, 6) is 0. The second-order valence-electron chi connectivity index (χ2n) is 15.0. The first-order chi connectivity index (χ1) is 29.3. The van der Waals surface area contributed by atoms with Crippen LogP contribution >= 0.6 is 22.7 Å². The predicted octanol–water partition coefficient (Wildman–Crippen LogP) is 15.0. The van der Waals surface area contributed by atoms with Gasteiger partial charge in [0.1, 0.15) is 11.6 Å². The number of aromatic nitrogens is 2. The second kappa shape index (κ2) is 12.5. The van der Waals surface area contributed by atoms with Crippen molar-refractivity contribution >= 4 is 107 Å². The molecule has 4 nitrogen and oxygen atoms in total. The quantitative estimate of drug-likeness (QED) is 0.178. The highest BCUT2D eigenvalue weighted by Crippen LogP contribution is 2.48. The summed E-state index contributed by atoms with van der Waals surface area (Å²) in [4.78, 5) is 0. The number of alkyl halides is 3. The van der Waals surface area contributed by atoms with Crippen molar-refractivity contribution in [1.29, 1.82) is 10.5 Å². The molecule has 0 aliphatic rings. The highest BCUT2D eigenvalue weighted by atomic mass is 32.1. The molecule has 0 aliphatic heterocycles. The number of nitrogens with zero attached hydrogens (tertiary/aromatic N) is 4. The Bertz CT molecular complexity index is 3920. The Morgan fingerprint density at radius 1 is 0.483 bits per heavy atom. The van der Waals surface area contributed by atoms with E-state index >= 15 is 0 Å². The van der Waals surface area contributed by atoms with Crippen LogP contribution in [-0.4, -0.2) is 9.13 Å². The molecule has 0 atom stereocenters. The van der Waals surface area contributed by atoms with Gasteiger partial charge in [-0.3, -0.25) is 0 Å². The highest BCUT2D eigenvalue weighted by Gasteiger charge is 2.33. The van der Waals surface area contributed by atoms with E-state index in [9.17, 15) is 23.7 Å². The summed E-state index contributed by atoms with van der Waals surface area (Å²) < 4.78 is 52.3. The van der Waals surface area contributed by atoms with Crippen LogP contribution in [0.5, 0.6) is 0 Å². The molecule has 60 heavy (non-hydrogen) atoms. The smallest absolute Gasteiger partial charge is 0.306 e. The molecule has 12 aromatic rings. The number of hydrogen-bond acceptors (Lipinski definition) is 4. The number of nitriles is 2. The SMILES string of the molecule is N#Cc1cc(-c2ccc(-n3c4ccccc4c4ccc5c6ccccc6sc5c43)c(C#N)c2-n2c3ccccc3c3ccc4c5ccccc5sc4c32)cc(C(F)(F)F)c1. The molecule has 0 aliphatic carbocycles. The Balaban J connectivity index is 1.30. The maximum Gasteiger partial charge on any atom is 0.416 e. The fraction of sp³-hybridized carbons (Fsp3) is 0.0196. The average molecular weight is 815 g/mol. The van der Waals surface area contributed by atoms with Gasteiger partial charge in [-0.15, -0.1) is 22.7 Å². The first kappa shape index (κ1) is 34.6. The van der Waals surface area contributed by atoms with Gasteiger partial charge in [0.15, 0.2) is 0 Å². The Morgan fingerprint density at radius 2 is 1.00 bits per heavy atom. The van der Waals surface area contributed by atoms with E-state index < -0.39 is 11.7 Å². The lowest BCUT2D eigenvalue weighted by Crippen LogP contribution is -2.08. The number of benzene rings is 8. The van der Waals surface area contributed by atoms with Crippen LogP contribution in [0.25, 0.3) is 106 Å². The molecule has 0 spiro atoms. The molecule has 0 unspecified atom stereocenters. The van der Waals surface area contributed by atoms with E-state index in [1.165, 1.54) is 6.07 Å². The van der Waals surface area contributed by atoms with Gasteiger partial charge in [-0.05, 0) is 54.1 Å². The number of para-hydroxylation sites is 2. The summed E-state index contributed by atoms with van der Waals surface area (Å²) in [7, 11) is 0. The summed E-state index contributed by atoms with van der Waals surface area (Å²) in [6, 6.07) is 52.9. The number of rotatable bonds is 3. The fourth-order valence-electron chi connectivity index (χ4n) is 9.30. The molecular weight excluding hydrogens is 790 g/mol. The van der Waals surface area contributed by atoms with Gasteiger partial charge in [0.2, 0.25) is 0 Å². The van der Waals surface area contributed by atoms with Crippen LogP contribution in [0.2, 0.25) is 0 Å². The van der Waals surface area contributed by atoms with E-state index in [1.807, 2.05) is 78.9 Å². The van der Waals surface area contributed by atoms with Gasteiger partial charge < -0.3 is 9.13 Å². The van der Waals surface area contributed by atoms with Crippen molar-refractivity contribution in [3.05, 3.63) is 168 Å². The van der Waals surface area contributed by atoms with Crippen LogP contribution in [0.1, 0.15) is 16.7 Å². The summed E-state index contributed by atoms with van der Waals surface area (Å²) in [5, 5.41) is 30.1. The van der Waals surface area contributed by atoms with Crippen LogP contribution in [0.4, 0.5) is 13.2 Å².